The third-order valence-corrected chi connectivity index (χ3v) is 2.67. The van der Waals surface area contributed by atoms with Gasteiger partial charge in [-0.15, -0.1) is 0 Å². The number of thiocarbonyl (C=S) groups is 1. The summed E-state index contributed by atoms with van der Waals surface area (Å²) in [7, 11) is 0. The lowest BCUT2D eigenvalue weighted by molar-refractivity contribution is 0.102. The molecule has 2 aromatic rings. The smallest absolute Gasteiger partial charge is 0.275 e. The van der Waals surface area contributed by atoms with E-state index in [9.17, 15) is 4.79 Å². The van der Waals surface area contributed by atoms with Crippen LogP contribution in [0.3, 0.4) is 0 Å². The van der Waals surface area contributed by atoms with Crippen LogP contribution in [0.4, 0.5) is 5.82 Å². The van der Waals surface area contributed by atoms with Crippen LogP contribution in [0.25, 0.3) is 0 Å². The van der Waals surface area contributed by atoms with Gasteiger partial charge >= 0.3 is 0 Å². The zero-order chi connectivity index (χ0) is 13.8. The van der Waals surface area contributed by atoms with E-state index in [1.54, 1.807) is 24.4 Å². The van der Waals surface area contributed by atoms with Crippen molar-refractivity contribution in [1.29, 1.82) is 0 Å². The monoisotopic (exact) mass is 272 g/mol. The molecule has 0 saturated carbocycles. The molecule has 0 fully saturated rings. The van der Waals surface area contributed by atoms with E-state index >= 15 is 0 Å². The predicted molar refractivity (Wildman–Crippen MR) is 77.1 cm³/mol. The fraction of sp³-hybridized carbons (Fsp3) is 0.0769. The number of nitrogens with one attached hydrogen (secondary N) is 1. The van der Waals surface area contributed by atoms with E-state index in [-0.39, 0.29) is 16.6 Å². The number of pyridine rings is 2. The third-order valence-electron chi connectivity index (χ3n) is 2.44. The Bertz CT molecular complexity index is 625. The summed E-state index contributed by atoms with van der Waals surface area (Å²) in [6.45, 7) is 1.92. The molecule has 1 amide bonds. The number of aryl methyl sites for hydroxylation is 1. The van der Waals surface area contributed by atoms with Gasteiger partial charge in [0.25, 0.3) is 5.91 Å². The molecule has 0 aliphatic heterocycles. The Morgan fingerprint density at radius 1 is 1.32 bits per heavy atom. The van der Waals surface area contributed by atoms with Gasteiger partial charge in [0.15, 0.2) is 0 Å². The molecule has 0 spiro atoms. The first-order valence-electron chi connectivity index (χ1n) is 5.56. The number of hydrogen-bond acceptors (Lipinski definition) is 4. The summed E-state index contributed by atoms with van der Waals surface area (Å²) in [5, 5.41) is 2.67. The summed E-state index contributed by atoms with van der Waals surface area (Å²) >= 11 is 4.82. The van der Waals surface area contributed by atoms with Crippen molar-refractivity contribution >= 4 is 28.9 Å². The van der Waals surface area contributed by atoms with Crippen molar-refractivity contribution in [3.63, 3.8) is 0 Å². The SMILES string of the molecule is Cc1ccnc(NC(=O)c2ccc(C(N)=S)cn2)c1. The molecule has 96 valence electrons. The van der Waals surface area contributed by atoms with Gasteiger partial charge in [-0.3, -0.25) is 9.78 Å². The quantitative estimate of drug-likeness (QED) is 0.831. The summed E-state index contributed by atoms with van der Waals surface area (Å²) in [4.78, 5) is 20.2. The Kier molecular flexibility index (Phi) is 3.82. The van der Waals surface area contributed by atoms with E-state index in [1.165, 1.54) is 6.20 Å². The van der Waals surface area contributed by atoms with Crippen molar-refractivity contribution in [3.8, 4) is 0 Å². The molecule has 2 aromatic heterocycles. The van der Waals surface area contributed by atoms with Crippen molar-refractivity contribution in [2.45, 2.75) is 6.92 Å². The highest BCUT2D eigenvalue weighted by molar-refractivity contribution is 7.80. The number of nitrogens with two attached hydrogens (primary N) is 1. The van der Waals surface area contributed by atoms with E-state index in [0.29, 0.717) is 11.4 Å². The van der Waals surface area contributed by atoms with E-state index < -0.39 is 0 Å². The van der Waals surface area contributed by atoms with Crippen LogP contribution in [-0.4, -0.2) is 20.9 Å². The van der Waals surface area contributed by atoms with Gasteiger partial charge in [-0.05, 0) is 36.8 Å². The van der Waals surface area contributed by atoms with Crippen LogP contribution in [-0.2, 0) is 0 Å². The van der Waals surface area contributed by atoms with Crippen molar-refractivity contribution in [2.75, 3.05) is 5.32 Å². The minimum absolute atomic E-state index is 0.250. The minimum Gasteiger partial charge on any atom is -0.389 e. The number of amides is 1. The molecule has 0 unspecified atom stereocenters. The maximum absolute atomic E-state index is 11.9. The first kappa shape index (κ1) is 13.1. The topological polar surface area (TPSA) is 80.9 Å². The largest absolute Gasteiger partial charge is 0.389 e. The fourth-order valence-electron chi connectivity index (χ4n) is 1.46. The van der Waals surface area contributed by atoms with Crippen LogP contribution in [0.2, 0.25) is 0 Å². The van der Waals surface area contributed by atoms with E-state index in [2.05, 4.69) is 15.3 Å². The maximum atomic E-state index is 11.9. The molecular formula is C13H12N4OS. The van der Waals surface area contributed by atoms with Gasteiger partial charge in [-0.2, -0.15) is 0 Å². The average molecular weight is 272 g/mol. The molecule has 0 atom stereocenters. The Morgan fingerprint density at radius 2 is 2.11 bits per heavy atom. The Balaban J connectivity index is 2.14. The number of anilines is 1. The molecule has 0 aliphatic carbocycles. The lowest BCUT2D eigenvalue weighted by Crippen LogP contribution is -2.16. The van der Waals surface area contributed by atoms with Gasteiger partial charge in [-0.1, -0.05) is 12.2 Å². The zero-order valence-electron chi connectivity index (χ0n) is 10.3. The third kappa shape index (κ3) is 3.32. The average Bonchev–Trinajstić information content (AvgIpc) is 2.39. The van der Waals surface area contributed by atoms with Crippen molar-refractivity contribution in [2.24, 2.45) is 5.73 Å². The fourth-order valence-corrected chi connectivity index (χ4v) is 1.58. The van der Waals surface area contributed by atoms with Crippen LogP contribution >= 0.6 is 12.2 Å². The van der Waals surface area contributed by atoms with E-state index in [1.807, 2.05) is 13.0 Å². The normalized spacial score (nSPS) is 9.95. The van der Waals surface area contributed by atoms with Crippen molar-refractivity contribution in [3.05, 3.63) is 53.5 Å². The van der Waals surface area contributed by atoms with Gasteiger partial charge in [0.05, 0.1) is 0 Å². The van der Waals surface area contributed by atoms with Crippen molar-refractivity contribution < 1.29 is 4.79 Å². The zero-order valence-corrected chi connectivity index (χ0v) is 11.1. The number of carbonyl (C=O) groups excluding carboxylic acids is 1. The molecule has 2 heterocycles. The Labute approximate surface area is 115 Å². The molecule has 0 radical (unpaired) electrons. The molecule has 0 aromatic carbocycles. The number of nitrogens with zero attached hydrogens (tertiary/aromatic N) is 2. The van der Waals surface area contributed by atoms with E-state index in [4.69, 9.17) is 18.0 Å². The second-order valence-corrected chi connectivity index (χ2v) is 4.41. The van der Waals surface area contributed by atoms with Gasteiger partial charge in [0.1, 0.15) is 16.5 Å². The summed E-state index contributed by atoms with van der Waals surface area (Å²) in [6.07, 6.45) is 3.11. The van der Waals surface area contributed by atoms with Crippen LogP contribution in [0.1, 0.15) is 21.6 Å². The van der Waals surface area contributed by atoms with Crippen molar-refractivity contribution in [1.82, 2.24) is 9.97 Å². The second-order valence-electron chi connectivity index (χ2n) is 3.97. The highest BCUT2D eigenvalue weighted by Crippen LogP contribution is 2.07. The Hall–Kier alpha value is -2.34. The van der Waals surface area contributed by atoms with Gasteiger partial charge < -0.3 is 11.1 Å². The molecule has 0 aliphatic rings. The Morgan fingerprint density at radius 3 is 2.68 bits per heavy atom. The number of hydrogen-bond donors (Lipinski definition) is 2. The molecule has 5 nitrogen and oxygen atoms in total. The van der Waals surface area contributed by atoms with Crippen LogP contribution in [0.5, 0.6) is 0 Å². The van der Waals surface area contributed by atoms with Gasteiger partial charge in [0, 0.05) is 18.0 Å². The molecule has 3 N–H and O–H groups in total. The second kappa shape index (κ2) is 5.53. The molecule has 0 bridgehead atoms. The summed E-state index contributed by atoms with van der Waals surface area (Å²) < 4.78 is 0. The van der Waals surface area contributed by atoms with Crippen LogP contribution < -0.4 is 11.1 Å². The maximum Gasteiger partial charge on any atom is 0.275 e. The minimum atomic E-state index is -0.326. The molecule has 2 rings (SSSR count). The standard InChI is InChI=1S/C13H12N4OS/c1-8-4-5-15-11(6-8)17-13(18)10-3-2-9(7-16-10)12(14)19/h2-7H,1H3,(H2,14,19)(H,15,17,18). The first-order valence-corrected chi connectivity index (χ1v) is 5.97. The van der Waals surface area contributed by atoms with Gasteiger partial charge in [0.2, 0.25) is 0 Å². The molecule has 6 heteroatoms. The van der Waals surface area contributed by atoms with E-state index in [0.717, 1.165) is 5.56 Å². The number of carbonyl (C=O) groups is 1. The lowest BCUT2D eigenvalue weighted by atomic mass is 10.2. The highest BCUT2D eigenvalue weighted by Gasteiger charge is 2.08. The number of rotatable bonds is 3. The summed E-state index contributed by atoms with van der Waals surface area (Å²) in [5.41, 5.74) is 7.38. The summed E-state index contributed by atoms with van der Waals surface area (Å²) in [5.74, 6) is 0.165. The number of aromatic nitrogens is 2. The first-order chi connectivity index (χ1) is 9.06. The van der Waals surface area contributed by atoms with Crippen LogP contribution in [0.15, 0.2) is 36.7 Å². The lowest BCUT2D eigenvalue weighted by Gasteiger charge is -2.05. The molecule has 19 heavy (non-hydrogen) atoms. The summed E-state index contributed by atoms with van der Waals surface area (Å²) in [6, 6.07) is 6.86. The molecular weight excluding hydrogens is 260 g/mol. The van der Waals surface area contributed by atoms with Crippen LogP contribution in [0, 0.1) is 6.92 Å². The van der Waals surface area contributed by atoms with Gasteiger partial charge in [-0.25, -0.2) is 4.98 Å². The highest BCUT2D eigenvalue weighted by atomic mass is 32.1. The molecule has 0 saturated heterocycles. The predicted octanol–water partition coefficient (Wildman–Crippen LogP) is 1.67.